The summed E-state index contributed by atoms with van der Waals surface area (Å²) >= 11 is 0. The minimum absolute atomic E-state index is 0.225. The quantitative estimate of drug-likeness (QED) is 0.795. The molecule has 11 heteroatoms. The van der Waals surface area contributed by atoms with Gasteiger partial charge in [0.05, 0.1) is 11.1 Å². The normalized spacial score (nSPS) is 16.5. The first-order chi connectivity index (χ1) is 13.3. The van der Waals surface area contributed by atoms with Crippen molar-refractivity contribution < 1.29 is 32.4 Å². The van der Waals surface area contributed by atoms with Crippen molar-refractivity contribution in [1.82, 2.24) is 20.4 Å². The van der Waals surface area contributed by atoms with E-state index in [0.29, 0.717) is 12.8 Å². The molecule has 2 aromatic rings. The van der Waals surface area contributed by atoms with E-state index in [0.717, 1.165) is 37.7 Å². The molecule has 28 heavy (non-hydrogen) atoms. The number of aromatic nitrogens is 3. The lowest BCUT2D eigenvalue weighted by atomic mass is 9.84. The lowest BCUT2D eigenvalue weighted by Crippen LogP contribution is -2.46. The number of aliphatic carboxylic acids is 1. The van der Waals surface area contributed by atoms with Crippen LogP contribution in [0.15, 0.2) is 23.0 Å². The predicted octanol–water partition coefficient (Wildman–Crippen LogP) is 2.91. The van der Waals surface area contributed by atoms with Gasteiger partial charge in [-0.05, 0) is 24.8 Å². The summed E-state index contributed by atoms with van der Waals surface area (Å²) in [6.07, 6.45) is 1.29. The Labute approximate surface area is 157 Å². The van der Waals surface area contributed by atoms with Crippen LogP contribution in [-0.4, -0.2) is 38.1 Å². The van der Waals surface area contributed by atoms with E-state index in [1.165, 1.54) is 0 Å². The molecular formula is C17H17F3N4O4. The highest BCUT2D eigenvalue weighted by molar-refractivity contribution is 5.93. The number of halogens is 3. The Balaban J connectivity index is 1.80. The van der Waals surface area contributed by atoms with Gasteiger partial charge in [-0.3, -0.25) is 9.78 Å². The predicted molar refractivity (Wildman–Crippen MR) is 88.0 cm³/mol. The van der Waals surface area contributed by atoms with Crippen LogP contribution in [0.2, 0.25) is 0 Å². The zero-order valence-corrected chi connectivity index (χ0v) is 14.6. The smallest absolute Gasteiger partial charge is 0.417 e. The molecule has 1 aliphatic carbocycles. The van der Waals surface area contributed by atoms with Gasteiger partial charge in [-0.15, -0.1) is 0 Å². The summed E-state index contributed by atoms with van der Waals surface area (Å²) in [6, 6.07) is -0.373. The van der Waals surface area contributed by atoms with Crippen LogP contribution in [0.1, 0.15) is 48.3 Å². The largest absolute Gasteiger partial charge is 0.480 e. The standard InChI is InChI=1S/C17H17F3N4O4/c18-17(19,20)11-6-7-21-8-10(11)15-23-13(24-28-15)14(25)22-12(16(26)27)9-4-2-1-3-5-9/h6-9,12H,1-5H2,(H,22,25)(H,26,27). The highest BCUT2D eigenvalue weighted by atomic mass is 19.4. The summed E-state index contributed by atoms with van der Waals surface area (Å²) in [4.78, 5) is 31.2. The van der Waals surface area contributed by atoms with Crippen molar-refractivity contribution in [2.45, 2.75) is 44.3 Å². The maximum atomic E-state index is 13.1. The Morgan fingerprint density at radius 3 is 2.61 bits per heavy atom. The van der Waals surface area contributed by atoms with Gasteiger partial charge in [0.15, 0.2) is 0 Å². The number of nitrogens with one attached hydrogen (secondary N) is 1. The van der Waals surface area contributed by atoms with Gasteiger partial charge in [-0.2, -0.15) is 18.2 Å². The van der Waals surface area contributed by atoms with Crippen LogP contribution < -0.4 is 5.32 Å². The Morgan fingerprint density at radius 2 is 1.96 bits per heavy atom. The first-order valence-electron chi connectivity index (χ1n) is 8.66. The average Bonchev–Trinajstić information content (AvgIpc) is 3.16. The van der Waals surface area contributed by atoms with Crippen molar-refractivity contribution in [3.8, 4) is 11.5 Å². The zero-order chi connectivity index (χ0) is 20.3. The molecule has 0 aromatic carbocycles. The molecule has 1 fully saturated rings. The van der Waals surface area contributed by atoms with Gasteiger partial charge in [0, 0.05) is 12.4 Å². The molecule has 8 nitrogen and oxygen atoms in total. The summed E-state index contributed by atoms with van der Waals surface area (Å²) < 4.78 is 44.1. The molecule has 1 unspecified atom stereocenters. The van der Waals surface area contributed by atoms with Crippen LogP contribution in [0.25, 0.3) is 11.5 Å². The Bertz CT molecular complexity index is 862. The lowest BCUT2D eigenvalue weighted by Gasteiger charge is -2.27. The number of carboxylic acids is 1. The number of pyridine rings is 1. The first kappa shape index (κ1) is 19.8. The fourth-order valence-corrected chi connectivity index (χ4v) is 3.29. The number of hydrogen-bond donors (Lipinski definition) is 2. The molecule has 0 bridgehead atoms. The fourth-order valence-electron chi connectivity index (χ4n) is 3.29. The van der Waals surface area contributed by atoms with Gasteiger partial charge in [-0.1, -0.05) is 24.4 Å². The molecular weight excluding hydrogens is 381 g/mol. The third kappa shape index (κ3) is 4.29. The topological polar surface area (TPSA) is 118 Å². The van der Waals surface area contributed by atoms with Crippen LogP contribution >= 0.6 is 0 Å². The second kappa shape index (κ2) is 7.95. The number of carbonyl (C=O) groups excluding carboxylic acids is 1. The number of carbonyl (C=O) groups is 2. The number of alkyl halides is 3. The van der Waals surface area contributed by atoms with E-state index in [9.17, 15) is 27.9 Å². The minimum Gasteiger partial charge on any atom is -0.480 e. The lowest BCUT2D eigenvalue weighted by molar-refractivity contribution is -0.141. The molecule has 0 radical (unpaired) electrons. The highest BCUT2D eigenvalue weighted by Gasteiger charge is 2.36. The second-order valence-electron chi connectivity index (χ2n) is 6.53. The first-order valence-corrected chi connectivity index (χ1v) is 8.66. The molecule has 150 valence electrons. The molecule has 0 saturated heterocycles. The molecule has 1 saturated carbocycles. The van der Waals surface area contributed by atoms with E-state index in [1.807, 2.05) is 0 Å². The van der Waals surface area contributed by atoms with Crippen molar-refractivity contribution >= 4 is 11.9 Å². The van der Waals surface area contributed by atoms with Crippen molar-refractivity contribution in [3.63, 3.8) is 0 Å². The van der Waals surface area contributed by atoms with Crippen molar-refractivity contribution in [2.75, 3.05) is 0 Å². The Hall–Kier alpha value is -2.98. The molecule has 1 amide bonds. The second-order valence-corrected chi connectivity index (χ2v) is 6.53. The van der Waals surface area contributed by atoms with Crippen molar-refractivity contribution in [2.24, 2.45) is 5.92 Å². The third-order valence-electron chi connectivity index (χ3n) is 4.66. The van der Waals surface area contributed by atoms with Crippen LogP contribution in [0.3, 0.4) is 0 Å². The van der Waals surface area contributed by atoms with Crippen LogP contribution in [0.5, 0.6) is 0 Å². The molecule has 3 rings (SSSR count). The number of carboxylic acid groups (broad SMARTS) is 1. The summed E-state index contributed by atoms with van der Waals surface area (Å²) in [6.45, 7) is 0. The van der Waals surface area contributed by atoms with Gasteiger partial charge in [-0.25, -0.2) is 4.79 Å². The van der Waals surface area contributed by atoms with Crippen molar-refractivity contribution in [1.29, 1.82) is 0 Å². The van der Waals surface area contributed by atoms with Crippen LogP contribution in [0.4, 0.5) is 13.2 Å². The SMILES string of the molecule is O=C(NC(C(=O)O)C1CCCCC1)c1noc(-c2cnccc2C(F)(F)F)n1. The number of hydrogen-bond acceptors (Lipinski definition) is 6. The van der Waals surface area contributed by atoms with Gasteiger partial charge < -0.3 is 14.9 Å². The van der Waals surface area contributed by atoms with E-state index < -0.39 is 46.9 Å². The third-order valence-corrected chi connectivity index (χ3v) is 4.66. The summed E-state index contributed by atoms with van der Waals surface area (Å²) in [7, 11) is 0. The van der Waals surface area contributed by atoms with Crippen LogP contribution in [-0.2, 0) is 11.0 Å². The molecule has 2 aromatic heterocycles. The summed E-state index contributed by atoms with van der Waals surface area (Å²) in [5, 5.41) is 15.2. The number of amides is 1. The number of rotatable bonds is 5. The van der Waals surface area contributed by atoms with Crippen molar-refractivity contribution in [3.05, 3.63) is 29.8 Å². The molecule has 0 spiro atoms. The van der Waals surface area contributed by atoms with E-state index in [4.69, 9.17) is 4.52 Å². The zero-order valence-electron chi connectivity index (χ0n) is 14.6. The molecule has 2 heterocycles. The Morgan fingerprint density at radius 1 is 1.25 bits per heavy atom. The van der Waals surface area contributed by atoms with E-state index in [2.05, 4.69) is 20.4 Å². The molecule has 1 aliphatic rings. The monoisotopic (exact) mass is 398 g/mol. The van der Waals surface area contributed by atoms with Crippen LogP contribution in [0, 0.1) is 5.92 Å². The molecule has 1 atom stereocenters. The van der Waals surface area contributed by atoms with E-state index in [-0.39, 0.29) is 5.92 Å². The van der Waals surface area contributed by atoms with Gasteiger partial charge >= 0.3 is 12.1 Å². The number of nitrogens with zero attached hydrogens (tertiary/aromatic N) is 3. The molecule has 2 N–H and O–H groups in total. The minimum atomic E-state index is -4.68. The fraction of sp³-hybridized carbons (Fsp3) is 0.471. The summed E-state index contributed by atoms with van der Waals surface area (Å²) in [5.74, 6) is -3.41. The maximum absolute atomic E-state index is 13.1. The van der Waals surface area contributed by atoms with Gasteiger partial charge in [0.2, 0.25) is 0 Å². The molecule has 0 aliphatic heterocycles. The van der Waals surface area contributed by atoms with Gasteiger partial charge in [0.1, 0.15) is 6.04 Å². The van der Waals surface area contributed by atoms with E-state index >= 15 is 0 Å². The maximum Gasteiger partial charge on any atom is 0.417 e. The average molecular weight is 398 g/mol. The summed E-state index contributed by atoms with van der Waals surface area (Å²) in [5.41, 5.74) is -1.51. The van der Waals surface area contributed by atoms with Gasteiger partial charge in [0.25, 0.3) is 17.6 Å². The highest BCUT2D eigenvalue weighted by Crippen LogP contribution is 2.35. The Kier molecular flexibility index (Phi) is 5.61. The van der Waals surface area contributed by atoms with E-state index in [1.54, 1.807) is 0 Å².